The molecule has 1 aliphatic heterocycles. The quantitative estimate of drug-likeness (QED) is 0.647. The Hall–Kier alpha value is -3.46. The summed E-state index contributed by atoms with van der Waals surface area (Å²) in [5.41, 5.74) is 1.47. The van der Waals surface area contributed by atoms with Crippen LogP contribution < -0.4 is 14.9 Å². The summed E-state index contributed by atoms with van der Waals surface area (Å²) < 4.78 is 54.0. The number of nitrogens with zero attached hydrogens (tertiary/aromatic N) is 1. The molecule has 0 spiro atoms. The van der Waals surface area contributed by atoms with Crippen molar-refractivity contribution in [3.05, 3.63) is 83.9 Å². The smallest absolute Gasteiger partial charge is 0.308 e. The average Bonchev–Trinajstić information content (AvgIpc) is 3.15. The van der Waals surface area contributed by atoms with E-state index in [9.17, 15) is 22.0 Å². The largest absolute Gasteiger partial charge is 0.323 e. The SMILES string of the molecule is O=C(Nc1ccc2c(c1)N(S(=O)(=O)c1ccccc1)CC2)Nc1ccc(F)cc1F. The van der Waals surface area contributed by atoms with Gasteiger partial charge in [-0.05, 0) is 48.4 Å². The van der Waals surface area contributed by atoms with Crippen molar-refractivity contribution in [3.63, 3.8) is 0 Å². The zero-order valence-electron chi connectivity index (χ0n) is 15.6. The highest BCUT2D eigenvalue weighted by molar-refractivity contribution is 7.92. The third kappa shape index (κ3) is 3.84. The van der Waals surface area contributed by atoms with Gasteiger partial charge < -0.3 is 10.6 Å². The molecule has 0 atom stereocenters. The Labute approximate surface area is 172 Å². The Morgan fingerprint density at radius 2 is 1.70 bits per heavy atom. The van der Waals surface area contributed by atoms with Gasteiger partial charge in [-0.2, -0.15) is 0 Å². The number of anilines is 3. The molecule has 0 aliphatic carbocycles. The molecule has 0 aromatic heterocycles. The van der Waals surface area contributed by atoms with E-state index in [1.807, 2.05) is 0 Å². The lowest BCUT2D eigenvalue weighted by Crippen LogP contribution is -2.29. The van der Waals surface area contributed by atoms with E-state index in [0.717, 1.165) is 17.7 Å². The summed E-state index contributed by atoms with van der Waals surface area (Å²) in [5.74, 6) is -1.66. The highest BCUT2D eigenvalue weighted by atomic mass is 32.2. The molecule has 2 amide bonds. The maximum Gasteiger partial charge on any atom is 0.323 e. The molecule has 4 rings (SSSR count). The van der Waals surface area contributed by atoms with Crippen molar-refractivity contribution in [1.82, 2.24) is 0 Å². The van der Waals surface area contributed by atoms with Crippen LogP contribution in [0, 0.1) is 11.6 Å². The number of carbonyl (C=O) groups excluding carboxylic acids is 1. The Kier molecular flexibility index (Phi) is 5.13. The molecule has 6 nitrogen and oxygen atoms in total. The topological polar surface area (TPSA) is 78.5 Å². The van der Waals surface area contributed by atoms with E-state index >= 15 is 0 Å². The van der Waals surface area contributed by atoms with Crippen molar-refractivity contribution in [1.29, 1.82) is 0 Å². The summed E-state index contributed by atoms with van der Waals surface area (Å²) in [5, 5.41) is 4.84. The maximum atomic E-state index is 13.7. The number of rotatable bonds is 4. The van der Waals surface area contributed by atoms with Crippen LogP contribution in [0.25, 0.3) is 0 Å². The molecule has 1 heterocycles. The predicted molar refractivity (Wildman–Crippen MR) is 110 cm³/mol. The Bertz CT molecular complexity index is 1220. The number of hydrogen-bond acceptors (Lipinski definition) is 3. The lowest BCUT2D eigenvalue weighted by molar-refractivity contribution is 0.262. The van der Waals surface area contributed by atoms with Crippen molar-refractivity contribution in [2.24, 2.45) is 0 Å². The molecular weight excluding hydrogens is 412 g/mol. The van der Waals surface area contributed by atoms with E-state index in [1.165, 1.54) is 16.4 Å². The number of halogens is 2. The lowest BCUT2D eigenvalue weighted by Gasteiger charge is -2.20. The first-order chi connectivity index (χ1) is 14.3. The van der Waals surface area contributed by atoms with Crippen molar-refractivity contribution in [3.8, 4) is 0 Å². The highest BCUT2D eigenvalue weighted by Crippen LogP contribution is 2.35. The molecule has 2 N–H and O–H groups in total. The van der Waals surface area contributed by atoms with Gasteiger partial charge in [-0.3, -0.25) is 4.31 Å². The molecule has 0 unspecified atom stereocenters. The third-order valence-corrected chi connectivity index (χ3v) is 6.53. The van der Waals surface area contributed by atoms with E-state index in [1.54, 1.807) is 36.4 Å². The number of sulfonamides is 1. The molecule has 3 aromatic rings. The van der Waals surface area contributed by atoms with Gasteiger partial charge in [-0.15, -0.1) is 0 Å². The molecule has 30 heavy (non-hydrogen) atoms. The standard InChI is InChI=1S/C21H17F2N3O3S/c22-15-7-9-19(18(23)12-15)25-21(27)24-16-8-6-14-10-11-26(20(14)13-16)30(28,29)17-4-2-1-3-5-17/h1-9,12-13H,10-11H2,(H2,24,25,27). The Balaban J connectivity index is 1.55. The van der Waals surface area contributed by atoms with E-state index in [2.05, 4.69) is 10.6 Å². The molecule has 0 fully saturated rings. The van der Waals surface area contributed by atoms with Gasteiger partial charge in [0.05, 0.1) is 16.3 Å². The van der Waals surface area contributed by atoms with Gasteiger partial charge in [0.2, 0.25) is 0 Å². The van der Waals surface area contributed by atoms with Gasteiger partial charge >= 0.3 is 6.03 Å². The molecule has 0 bridgehead atoms. The zero-order valence-corrected chi connectivity index (χ0v) is 16.4. The van der Waals surface area contributed by atoms with Crippen LogP contribution in [0.5, 0.6) is 0 Å². The van der Waals surface area contributed by atoms with Crippen LogP contribution in [0.15, 0.2) is 71.6 Å². The van der Waals surface area contributed by atoms with Crippen LogP contribution in [0.2, 0.25) is 0 Å². The Morgan fingerprint density at radius 1 is 0.933 bits per heavy atom. The fourth-order valence-electron chi connectivity index (χ4n) is 3.27. The highest BCUT2D eigenvalue weighted by Gasteiger charge is 2.31. The average molecular weight is 429 g/mol. The van der Waals surface area contributed by atoms with Gasteiger partial charge in [-0.1, -0.05) is 24.3 Å². The van der Waals surface area contributed by atoms with Gasteiger partial charge in [0.15, 0.2) is 0 Å². The molecule has 1 aliphatic rings. The van der Waals surface area contributed by atoms with E-state index in [0.29, 0.717) is 30.4 Å². The Morgan fingerprint density at radius 3 is 2.43 bits per heavy atom. The summed E-state index contributed by atoms with van der Waals surface area (Å²) in [6.45, 7) is 0.295. The molecule has 0 radical (unpaired) electrons. The monoisotopic (exact) mass is 429 g/mol. The predicted octanol–water partition coefficient (Wildman–Crippen LogP) is 4.36. The van der Waals surface area contributed by atoms with E-state index < -0.39 is 27.7 Å². The van der Waals surface area contributed by atoms with Crippen LogP contribution >= 0.6 is 0 Å². The summed E-state index contributed by atoms with van der Waals surface area (Å²) in [7, 11) is -3.74. The summed E-state index contributed by atoms with van der Waals surface area (Å²) in [6, 6.07) is 15.1. The number of nitrogens with one attached hydrogen (secondary N) is 2. The number of amides is 2. The summed E-state index contributed by atoms with van der Waals surface area (Å²) >= 11 is 0. The minimum Gasteiger partial charge on any atom is -0.308 e. The zero-order chi connectivity index (χ0) is 21.3. The molecule has 0 saturated heterocycles. The number of benzene rings is 3. The van der Waals surface area contributed by atoms with Crippen molar-refractivity contribution in [2.75, 3.05) is 21.5 Å². The first kappa shape index (κ1) is 19.8. The molecule has 3 aromatic carbocycles. The van der Waals surface area contributed by atoms with E-state index in [4.69, 9.17) is 0 Å². The third-order valence-electron chi connectivity index (χ3n) is 4.71. The van der Waals surface area contributed by atoms with Gasteiger partial charge in [0.25, 0.3) is 10.0 Å². The fraction of sp³-hybridized carbons (Fsp3) is 0.0952. The second-order valence-electron chi connectivity index (χ2n) is 6.69. The number of urea groups is 1. The van der Waals surface area contributed by atoms with Crippen molar-refractivity contribution >= 4 is 33.1 Å². The summed E-state index contributed by atoms with van der Waals surface area (Å²) in [4.78, 5) is 12.4. The normalized spacial score (nSPS) is 13.1. The first-order valence-corrected chi connectivity index (χ1v) is 10.5. The van der Waals surface area contributed by atoms with Gasteiger partial charge in [0, 0.05) is 18.3 Å². The van der Waals surface area contributed by atoms with E-state index in [-0.39, 0.29) is 10.6 Å². The second-order valence-corrected chi connectivity index (χ2v) is 8.55. The number of fused-ring (bicyclic) bond motifs is 1. The maximum absolute atomic E-state index is 13.7. The van der Waals surface area contributed by atoms with Crippen LogP contribution in [0.4, 0.5) is 30.6 Å². The van der Waals surface area contributed by atoms with Gasteiger partial charge in [-0.25, -0.2) is 22.0 Å². The van der Waals surface area contributed by atoms with Gasteiger partial charge in [0.1, 0.15) is 11.6 Å². The van der Waals surface area contributed by atoms with Crippen molar-refractivity contribution in [2.45, 2.75) is 11.3 Å². The fourth-order valence-corrected chi connectivity index (χ4v) is 4.79. The minimum absolute atomic E-state index is 0.177. The summed E-state index contributed by atoms with van der Waals surface area (Å²) in [6.07, 6.45) is 0.550. The number of carbonyl (C=O) groups is 1. The molecule has 0 saturated carbocycles. The van der Waals surface area contributed by atoms with Crippen LogP contribution in [-0.2, 0) is 16.4 Å². The van der Waals surface area contributed by atoms with Crippen LogP contribution in [0.1, 0.15) is 5.56 Å². The minimum atomic E-state index is -3.74. The molecular formula is C21H17F2N3O3S. The number of hydrogen-bond donors (Lipinski definition) is 2. The second kappa shape index (κ2) is 7.75. The van der Waals surface area contributed by atoms with Crippen LogP contribution in [-0.4, -0.2) is 21.0 Å². The molecule has 154 valence electrons. The first-order valence-electron chi connectivity index (χ1n) is 9.08. The molecule has 9 heteroatoms. The van der Waals surface area contributed by atoms with Crippen molar-refractivity contribution < 1.29 is 22.0 Å². The lowest BCUT2D eigenvalue weighted by atomic mass is 10.1. The van der Waals surface area contributed by atoms with Crippen LogP contribution in [0.3, 0.4) is 0 Å².